The van der Waals surface area contributed by atoms with Crippen molar-refractivity contribution in [3.05, 3.63) is 87.9 Å². The van der Waals surface area contributed by atoms with E-state index < -0.39 is 6.23 Å². The standard InChI is InChI=1S/C25H21BrN2O4/c1-30-18-8-3-15(4-9-18)21-14-22-20-13-17(26)7-12-23(20)32-25(28(22)27-21)24(29)16-5-10-19(31-2)11-6-16/h3-13,22,25H,14H2,1-2H3. The molecule has 2 unspecified atom stereocenters. The monoisotopic (exact) mass is 492 g/mol. The Hall–Kier alpha value is -3.32. The largest absolute Gasteiger partial charge is 0.497 e. The fraction of sp³-hybridized carbons (Fsp3) is 0.200. The molecule has 3 aromatic rings. The summed E-state index contributed by atoms with van der Waals surface area (Å²) in [5.74, 6) is 2.04. The number of ether oxygens (including phenoxy) is 3. The van der Waals surface area contributed by atoms with Crippen LogP contribution in [-0.2, 0) is 0 Å². The summed E-state index contributed by atoms with van der Waals surface area (Å²) in [5.41, 5.74) is 3.45. The normalized spacial score (nSPS) is 18.8. The Morgan fingerprint density at radius 3 is 2.31 bits per heavy atom. The summed E-state index contributed by atoms with van der Waals surface area (Å²) in [4.78, 5) is 13.4. The van der Waals surface area contributed by atoms with E-state index in [0.717, 1.165) is 27.1 Å². The molecule has 2 aliphatic heterocycles. The number of rotatable bonds is 5. The van der Waals surface area contributed by atoms with Crippen LogP contribution in [0.3, 0.4) is 0 Å². The number of halogens is 1. The van der Waals surface area contributed by atoms with Gasteiger partial charge in [-0.2, -0.15) is 5.10 Å². The first-order valence-corrected chi connectivity index (χ1v) is 11.0. The average Bonchev–Trinajstić information content (AvgIpc) is 3.29. The highest BCUT2D eigenvalue weighted by Crippen LogP contribution is 2.44. The number of ketones is 1. The molecule has 2 aliphatic rings. The molecule has 0 saturated carbocycles. The number of benzene rings is 3. The Morgan fingerprint density at radius 2 is 1.66 bits per heavy atom. The summed E-state index contributed by atoms with van der Waals surface area (Å²) < 4.78 is 17.6. The summed E-state index contributed by atoms with van der Waals surface area (Å²) >= 11 is 3.55. The average molecular weight is 493 g/mol. The van der Waals surface area contributed by atoms with E-state index in [0.29, 0.717) is 23.5 Å². The fourth-order valence-corrected chi connectivity index (χ4v) is 4.47. The molecule has 6 nitrogen and oxygen atoms in total. The van der Waals surface area contributed by atoms with Gasteiger partial charge < -0.3 is 14.2 Å². The van der Waals surface area contributed by atoms with Gasteiger partial charge in [-0.05, 0) is 72.3 Å². The molecule has 3 aromatic carbocycles. The highest BCUT2D eigenvalue weighted by Gasteiger charge is 2.43. The topological polar surface area (TPSA) is 60.4 Å². The Labute approximate surface area is 194 Å². The van der Waals surface area contributed by atoms with Crippen LogP contribution in [0.15, 0.2) is 76.3 Å². The van der Waals surface area contributed by atoms with E-state index in [1.807, 2.05) is 42.5 Å². The number of hydrazone groups is 1. The van der Waals surface area contributed by atoms with Crippen LogP contribution in [0.5, 0.6) is 17.2 Å². The van der Waals surface area contributed by atoms with Gasteiger partial charge in [0.25, 0.3) is 6.23 Å². The van der Waals surface area contributed by atoms with Crippen LogP contribution >= 0.6 is 15.9 Å². The Bertz CT molecular complexity index is 1190. The maximum absolute atomic E-state index is 13.4. The van der Waals surface area contributed by atoms with Gasteiger partial charge >= 0.3 is 0 Å². The number of nitrogens with zero attached hydrogens (tertiary/aromatic N) is 2. The second kappa shape index (κ2) is 8.31. The van der Waals surface area contributed by atoms with Crippen molar-refractivity contribution in [2.75, 3.05) is 14.2 Å². The van der Waals surface area contributed by atoms with Crippen molar-refractivity contribution < 1.29 is 19.0 Å². The van der Waals surface area contributed by atoms with Crippen molar-refractivity contribution in [1.82, 2.24) is 5.01 Å². The number of carbonyl (C=O) groups is 1. The summed E-state index contributed by atoms with van der Waals surface area (Å²) in [7, 11) is 3.24. The minimum absolute atomic E-state index is 0.0967. The zero-order chi connectivity index (χ0) is 22.2. The first-order valence-electron chi connectivity index (χ1n) is 10.2. The molecule has 0 radical (unpaired) electrons. The molecule has 0 amide bonds. The third-order valence-electron chi connectivity index (χ3n) is 5.77. The molecule has 162 valence electrons. The van der Waals surface area contributed by atoms with Crippen LogP contribution in [0, 0.1) is 0 Å². The summed E-state index contributed by atoms with van der Waals surface area (Å²) in [6.45, 7) is 0. The lowest BCUT2D eigenvalue weighted by molar-refractivity contribution is -0.00459. The minimum Gasteiger partial charge on any atom is -0.497 e. The van der Waals surface area contributed by atoms with Crippen LogP contribution in [0.25, 0.3) is 0 Å². The maximum atomic E-state index is 13.4. The van der Waals surface area contributed by atoms with Crippen molar-refractivity contribution in [2.45, 2.75) is 18.7 Å². The number of hydrogen-bond donors (Lipinski definition) is 0. The van der Waals surface area contributed by atoms with Crippen molar-refractivity contribution in [2.24, 2.45) is 5.10 Å². The smallest absolute Gasteiger partial charge is 0.251 e. The molecular weight excluding hydrogens is 472 g/mol. The molecule has 0 aliphatic carbocycles. The van der Waals surface area contributed by atoms with Crippen LogP contribution in [0.2, 0.25) is 0 Å². The molecule has 0 saturated heterocycles. The van der Waals surface area contributed by atoms with Gasteiger partial charge in [-0.25, -0.2) is 5.01 Å². The molecule has 32 heavy (non-hydrogen) atoms. The Kier molecular flexibility index (Phi) is 5.35. The van der Waals surface area contributed by atoms with Gasteiger partial charge in [0.2, 0.25) is 5.78 Å². The number of methoxy groups -OCH3 is 2. The summed E-state index contributed by atoms with van der Waals surface area (Å²) in [5, 5.41) is 6.64. The van der Waals surface area contributed by atoms with Crippen molar-refractivity contribution >= 4 is 27.4 Å². The first kappa shape index (κ1) is 20.6. The minimum atomic E-state index is -0.849. The van der Waals surface area contributed by atoms with Crippen molar-refractivity contribution in [3.63, 3.8) is 0 Å². The highest BCUT2D eigenvalue weighted by molar-refractivity contribution is 9.10. The van der Waals surface area contributed by atoms with Gasteiger partial charge in [-0.1, -0.05) is 15.9 Å². The third kappa shape index (κ3) is 3.62. The van der Waals surface area contributed by atoms with Gasteiger partial charge in [0.1, 0.15) is 17.2 Å². The van der Waals surface area contributed by atoms with E-state index in [1.54, 1.807) is 43.5 Å². The Morgan fingerprint density at radius 1 is 1.00 bits per heavy atom. The number of carbonyl (C=O) groups excluding carboxylic acids is 1. The molecule has 2 atom stereocenters. The SMILES string of the molecule is COc1ccc(C(=O)C2Oc3ccc(Br)cc3C3CC(c4ccc(OC)cc4)=NN23)cc1. The number of hydrogen-bond acceptors (Lipinski definition) is 6. The van der Waals surface area contributed by atoms with E-state index in [1.165, 1.54) is 0 Å². The van der Waals surface area contributed by atoms with E-state index in [4.69, 9.17) is 19.3 Å². The maximum Gasteiger partial charge on any atom is 0.251 e. The van der Waals surface area contributed by atoms with Crippen molar-refractivity contribution in [1.29, 1.82) is 0 Å². The van der Waals surface area contributed by atoms with E-state index in [-0.39, 0.29) is 11.8 Å². The zero-order valence-corrected chi connectivity index (χ0v) is 19.2. The zero-order valence-electron chi connectivity index (χ0n) is 17.6. The second-order valence-corrected chi connectivity index (χ2v) is 8.54. The quantitative estimate of drug-likeness (QED) is 0.457. The molecule has 0 bridgehead atoms. The molecule has 5 rings (SSSR count). The summed E-state index contributed by atoms with van der Waals surface area (Å²) in [6, 6.07) is 20.6. The van der Waals surface area contributed by atoms with Gasteiger partial charge in [0.15, 0.2) is 0 Å². The van der Waals surface area contributed by atoms with Gasteiger partial charge in [0.05, 0.1) is 26.0 Å². The fourth-order valence-electron chi connectivity index (χ4n) is 4.09. The first-order chi connectivity index (χ1) is 15.6. The lowest BCUT2D eigenvalue weighted by atomic mass is 9.95. The molecular formula is C25H21BrN2O4. The van der Waals surface area contributed by atoms with Crippen LogP contribution in [0.4, 0.5) is 0 Å². The van der Waals surface area contributed by atoms with Crippen LogP contribution in [0.1, 0.15) is 33.9 Å². The highest BCUT2D eigenvalue weighted by atomic mass is 79.9. The number of fused-ring (bicyclic) bond motifs is 3. The molecule has 0 spiro atoms. The van der Waals surface area contributed by atoms with E-state index >= 15 is 0 Å². The lowest BCUT2D eigenvalue weighted by Crippen LogP contribution is -2.45. The van der Waals surface area contributed by atoms with Crippen molar-refractivity contribution in [3.8, 4) is 17.2 Å². The third-order valence-corrected chi connectivity index (χ3v) is 6.27. The number of Topliss-reactive ketones (excluding diaryl/α,β-unsaturated/α-hetero) is 1. The van der Waals surface area contributed by atoms with Gasteiger partial charge in [0, 0.05) is 22.0 Å². The molecule has 0 fully saturated rings. The predicted molar refractivity (Wildman–Crippen MR) is 125 cm³/mol. The second-order valence-electron chi connectivity index (χ2n) is 7.62. The van der Waals surface area contributed by atoms with Crippen LogP contribution < -0.4 is 14.2 Å². The summed E-state index contributed by atoms with van der Waals surface area (Å²) in [6.07, 6.45) is -0.177. The predicted octanol–water partition coefficient (Wildman–Crippen LogP) is 5.22. The van der Waals surface area contributed by atoms with Gasteiger partial charge in [-0.3, -0.25) is 4.79 Å². The van der Waals surface area contributed by atoms with Gasteiger partial charge in [-0.15, -0.1) is 0 Å². The van der Waals surface area contributed by atoms with E-state index in [9.17, 15) is 4.79 Å². The van der Waals surface area contributed by atoms with E-state index in [2.05, 4.69) is 15.9 Å². The molecule has 0 N–H and O–H groups in total. The molecule has 7 heteroatoms. The van der Waals surface area contributed by atoms with Crippen LogP contribution in [-0.4, -0.2) is 37.0 Å². The molecule has 0 aromatic heterocycles. The lowest BCUT2D eigenvalue weighted by Gasteiger charge is -2.37. The molecule has 2 heterocycles. The Balaban J connectivity index is 1.53.